The summed E-state index contributed by atoms with van der Waals surface area (Å²) < 4.78 is 40.9. The van der Waals surface area contributed by atoms with Crippen molar-refractivity contribution >= 4 is 0 Å². The third kappa shape index (κ3) is 2.21. The van der Waals surface area contributed by atoms with E-state index in [1.54, 1.807) is 0 Å². The van der Waals surface area contributed by atoms with Gasteiger partial charge in [-0.25, -0.2) is 13.2 Å². The van der Waals surface area contributed by atoms with Crippen molar-refractivity contribution in [1.82, 2.24) is 5.32 Å². The molecule has 1 aliphatic rings. The van der Waals surface area contributed by atoms with Gasteiger partial charge in [0, 0.05) is 18.0 Å². The molecule has 0 saturated carbocycles. The summed E-state index contributed by atoms with van der Waals surface area (Å²) in [5, 5.41) is 2.95. The zero-order valence-electron chi connectivity index (χ0n) is 8.85. The van der Waals surface area contributed by atoms with Gasteiger partial charge in [0.25, 0.3) is 5.92 Å². The third-order valence-corrected chi connectivity index (χ3v) is 3.02. The van der Waals surface area contributed by atoms with Crippen molar-refractivity contribution in [3.8, 4) is 0 Å². The minimum atomic E-state index is -2.95. The van der Waals surface area contributed by atoms with Crippen molar-refractivity contribution in [3.05, 3.63) is 35.6 Å². The summed E-state index contributed by atoms with van der Waals surface area (Å²) in [5.41, 5.74) is -0.221. The lowest BCUT2D eigenvalue weighted by atomic mass is 9.88. The van der Waals surface area contributed by atoms with Gasteiger partial charge in [-0.2, -0.15) is 0 Å². The molecule has 4 heteroatoms. The fourth-order valence-corrected chi connectivity index (χ4v) is 2.09. The first-order chi connectivity index (χ1) is 7.60. The van der Waals surface area contributed by atoms with Crippen LogP contribution in [0.1, 0.15) is 18.4 Å². The van der Waals surface area contributed by atoms with Crippen molar-refractivity contribution in [1.29, 1.82) is 0 Å². The third-order valence-electron chi connectivity index (χ3n) is 3.02. The summed E-state index contributed by atoms with van der Waals surface area (Å²) in [7, 11) is 0. The number of hydrogen-bond donors (Lipinski definition) is 1. The second kappa shape index (κ2) is 4.45. The molecule has 2 rings (SSSR count). The molecular weight excluding hydrogens is 215 g/mol. The van der Waals surface area contributed by atoms with Crippen LogP contribution >= 0.6 is 0 Å². The van der Waals surface area contributed by atoms with E-state index >= 15 is 0 Å². The first-order valence-electron chi connectivity index (χ1n) is 5.45. The van der Waals surface area contributed by atoms with E-state index < -0.39 is 17.7 Å². The van der Waals surface area contributed by atoms with Crippen molar-refractivity contribution in [2.75, 3.05) is 13.1 Å². The van der Waals surface area contributed by atoms with Crippen LogP contribution in [0.4, 0.5) is 13.2 Å². The lowest BCUT2D eigenvalue weighted by Crippen LogP contribution is -2.39. The van der Waals surface area contributed by atoms with E-state index in [4.69, 9.17) is 0 Å². The molecule has 1 heterocycles. The van der Waals surface area contributed by atoms with Crippen LogP contribution < -0.4 is 5.32 Å². The first kappa shape index (κ1) is 11.5. The molecule has 1 atom stereocenters. The molecule has 0 radical (unpaired) electrons. The Kier molecular flexibility index (Phi) is 3.19. The summed E-state index contributed by atoms with van der Waals surface area (Å²) in [6, 6.07) is 4.72. The topological polar surface area (TPSA) is 12.0 Å². The van der Waals surface area contributed by atoms with E-state index in [9.17, 15) is 13.2 Å². The minimum Gasteiger partial charge on any atom is -0.316 e. The molecule has 0 aromatic heterocycles. The maximum absolute atomic E-state index is 14.0. The van der Waals surface area contributed by atoms with Crippen LogP contribution in [0.3, 0.4) is 0 Å². The Morgan fingerprint density at radius 1 is 1.31 bits per heavy atom. The number of alkyl halides is 2. The van der Waals surface area contributed by atoms with Crippen LogP contribution in [0.5, 0.6) is 0 Å². The van der Waals surface area contributed by atoms with E-state index in [0.29, 0.717) is 13.0 Å². The molecular formula is C12H14F3N. The van der Waals surface area contributed by atoms with Gasteiger partial charge in [-0.3, -0.25) is 0 Å². The first-order valence-corrected chi connectivity index (χ1v) is 5.45. The highest BCUT2D eigenvalue weighted by Gasteiger charge is 2.41. The van der Waals surface area contributed by atoms with E-state index in [1.807, 2.05) is 0 Å². The number of benzene rings is 1. The highest BCUT2D eigenvalue weighted by atomic mass is 19.3. The average Bonchev–Trinajstić information content (AvgIpc) is 2.30. The Labute approximate surface area is 92.7 Å². The maximum atomic E-state index is 14.0. The van der Waals surface area contributed by atoms with Gasteiger partial charge >= 0.3 is 0 Å². The zero-order valence-corrected chi connectivity index (χ0v) is 8.85. The predicted molar refractivity (Wildman–Crippen MR) is 55.9 cm³/mol. The Balaban J connectivity index is 2.22. The van der Waals surface area contributed by atoms with E-state index in [-0.39, 0.29) is 5.56 Å². The number of nitrogens with one attached hydrogen (secondary N) is 1. The fourth-order valence-electron chi connectivity index (χ4n) is 2.09. The molecule has 1 N–H and O–H groups in total. The molecule has 1 aromatic rings. The van der Waals surface area contributed by atoms with Gasteiger partial charge in [0.1, 0.15) is 5.82 Å². The van der Waals surface area contributed by atoms with Crippen LogP contribution in [0.2, 0.25) is 0 Å². The van der Waals surface area contributed by atoms with Crippen molar-refractivity contribution < 1.29 is 13.2 Å². The number of piperidine rings is 1. The molecule has 1 aromatic carbocycles. The van der Waals surface area contributed by atoms with Gasteiger partial charge in [0.05, 0.1) is 0 Å². The Hall–Kier alpha value is -1.03. The lowest BCUT2D eigenvalue weighted by molar-refractivity contribution is -0.0726. The van der Waals surface area contributed by atoms with Crippen molar-refractivity contribution in [2.45, 2.75) is 18.8 Å². The van der Waals surface area contributed by atoms with Gasteiger partial charge < -0.3 is 5.32 Å². The summed E-state index contributed by atoms with van der Waals surface area (Å²) in [6.07, 6.45) is 1.23. The van der Waals surface area contributed by atoms with E-state index in [1.165, 1.54) is 18.2 Å². The SMILES string of the molecule is Fc1cccc(C(F)(F)C2CCCNC2)c1. The van der Waals surface area contributed by atoms with E-state index in [0.717, 1.165) is 19.0 Å². The lowest BCUT2D eigenvalue weighted by Gasteiger charge is -2.30. The Morgan fingerprint density at radius 2 is 2.12 bits per heavy atom. The summed E-state index contributed by atoms with van der Waals surface area (Å²) in [6.45, 7) is 1.08. The highest BCUT2D eigenvalue weighted by Crippen LogP contribution is 2.39. The van der Waals surface area contributed by atoms with Gasteiger partial charge in [-0.15, -0.1) is 0 Å². The highest BCUT2D eigenvalue weighted by molar-refractivity contribution is 5.22. The molecule has 0 aliphatic carbocycles. The van der Waals surface area contributed by atoms with Crippen LogP contribution in [0.15, 0.2) is 24.3 Å². The molecule has 1 aliphatic heterocycles. The normalized spacial score (nSPS) is 22.1. The fraction of sp³-hybridized carbons (Fsp3) is 0.500. The molecule has 0 spiro atoms. The molecule has 16 heavy (non-hydrogen) atoms. The van der Waals surface area contributed by atoms with Crippen LogP contribution in [0.25, 0.3) is 0 Å². The second-order valence-corrected chi connectivity index (χ2v) is 4.18. The average molecular weight is 229 g/mol. The molecule has 1 unspecified atom stereocenters. The molecule has 0 amide bonds. The summed E-state index contributed by atoms with van der Waals surface area (Å²) in [4.78, 5) is 0. The molecule has 1 nitrogen and oxygen atoms in total. The van der Waals surface area contributed by atoms with Gasteiger partial charge in [0.2, 0.25) is 0 Å². The quantitative estimate of drug-likeness (QED) is 0.822. The Morgan fingerprint density at radius 3 is 2.75 bits per heavy atom. The molecule has 88 valence electrons. The smallest absolute Gasteiger partial charge is 0.277 e. The van der Waals surface area contributed by atoms with Gasteiger partial charge in [-0.1, -0.05) is 12.1 Å². The van der Waals surface area contributed by atoms with Gasteiger partial charge in [0.15, 0.2) is 0 Å². The molecule has 0 bridgehead atoms. The zero-order chi connectivity index (χ0) is 11.6. The monoisotopic (exact) mass is 229 g/mol. The molecule has 1 saturated heterocycles. The van der Waals surface area contributed by atoms with Crippen LogP contribution in [-0.4, -0.2) is 13.1 Å². The maximum Gasteiger partial charge on any atom is 0.277 e. The van der Waals surface area contributed by atoms with Crippen molar-refractivity contribution in [2.24, 2.45) is 5.92 Å². The van der Waals surface area contributed by atoms with Crippen molar-refractivity contribution in [3.63, 3.8) is 0 Å². The predicted octanol–water partition coefficient (Wildman–Crippen LogP) is 2.92. The number of hydrogen-bond acceptors (Lipinski definition) is 1. The van der Waals surface area contributed by atoms with Crippen LogP contribution in [-0.2, 0) is 5.92 Å². The van der Waals surface area contributed by atoms with E-state index in [2.05, 4.69) is 5.32 Å². The van der Waals surface area contributed by atoms with Crippen LogP contribution in [0, 0.1) is 11.7 Å². The largest absolute Gasteiger partial charge is 0.316 e. The molecule has 1 fully saturated rings. The summed E-state index contributed by atoms with van der Waals surface area (Å²) >= 11 is 0. The summed E-state index contributed by atoms with van der Waals surface area (Å²) in [5.74, 6) is -4.29. The second-order valence-electron chi connectivity index (χ2n) is 4.18. The minimum absolute atomic E-state index is 0.221. The van der Waals surface area contributed by atoms with Gasteiger partial charge in [-0.05, 0) is 31.5 Å². The Bertz CT molecular complexity index is 359. The standard InChI is InChI=1S/C12H14F3N/c13-11-5-1-3-9(7-11)12(14,15)10-4-2-6-16-8-10/h1,3,5,7,10,16H,2,4,6,8H2. The number of halogens is 3. The number of rotatable bonds is 2.